The van der Waals surface area contributed by atoms with Gasteiger partial charge < -0.3 is 19.8 Å². The fraction of sp³-hybridized carbons (Fsp3) is 0.833. The van der Waals surface area contributed by atoms with Crippen molar-refractivity contribution < 1.29 is 24.5 Å². The highest BCUT2D eigenvalue weighted by atomic mass is 16.6. The molecule has 0 spiro atoms. The first-order chi connectivity index (χ1) is 8.06. The number of hydrogen-bond acceptors (Lipinski definition) is 4. The Hall–Kier alpha value is -1.30. The van der Waals surface area contributed by atoms with Crippen molar-refractivity contribution in [1.82, 2.24) is 4.90 Å². The Kier molecular flexibility index (Phi) is 3.90. The number of aliphatic carboxylic acids is 1. The van der Waals surface area contributed by atoms with Crippen LogP contribution in [-0.2, 0) is 9.53 Å². The molecule has 0 aromatic carbocycles. The summed E-state index contributed by atoms with van der Waals surface area (Å²) in [5.74, 6) is -1.04. The molecule has 104 valence electrons. The average molecular weight is 259 g/mol. The molecule has 1 aliphatic heterocycles. The number of aliphatic hydroxyl groups is 1. The van der Waals surface area contributed by atoms with Gasteiger partial charge in [-0.15, -0.1) is 0 Å². The number of amides is 1. The number of carboxylic acid groups (broad SMARTS) is 1. The van der Waals surface area contributed by atoms with E-state index < -0.39 is 29.2 Å². The zero-order valence-corrected chi connectivity index (χ0v) is 11.3. The Morgan fingerprint density at radius 3 is 2.33 bits per heavy atom. The minimum absolute atomic E-state index is 0.0162. The smallest absolute Gasteiger partial charge is 0.410 e. The minimum Gasteiger partial charge on any atom is -0.481 e. The Labute approximate surface area is 107 Å². The zero-order chi connectivity index (χ0) is 14.1. The van der Waals surface area contributed by atoms with E-state index in [2.05, 4.69) is 0 Å². The van der Waals surface area contributed by atoms with Crippen LogP contribution in [0.1, 0.15) is 34.1 Å². The maximum Gasteiger partial charge on any atom is 0.410 e. The van der Waals surface area contributed by atoms with E-state index in [1.165, 1.54) is 11.8 Å². The molecule has 1 rings (SSSR count). The lowest BCUT2D eigenvalue weighted by Crippen LogP contribution is -2.55. The van der Waals surface area contributed by atoms with E-state index in [1.807, 2.05) is 0 Å². The molecule has 1 fully saturated rings. The third-order valence-electron chi connectivity index (χ3n) is 3.17. The van der Waals surface area contributed by atoms with Crippen molar-refractivity contribution in [3.05, 3.63) is 0 Å². The first-order valence-electron chi connectivity index (χ1n) is 5.95. The number of β-amino-alcohol motifs (C(OH)–C–C–N with tert-alkyl or cyclic N) is 1. The normalized spacial score (nSPS) is 28.9. The lowest BCUT2D eigenvalue weighted by molar-refractivity contribution is -0.160. The van der Waals surface area contributed by atoms with E-state index in [1.54, 1.807) is 20.8 Å². The van der Waals surface area contributed by atoms with Crippen molar-refractivity contribution in [3.8, 4) is 0 Å². The number of aliphatic hydroxyl groups excluding tert-OH is 1. The van der Waals surface area contributed by atoms with Crippen molar-refractivity contribution in [2.75, 3.05) is 13.1 Å². The van der Waals surface area contributed by atoms with Crippen LogP contribution in [0.15, 0.2) is 0 Å². The maximum absolute atomic E-state index is 11.8. The summed E-state index contributed by atoms with van der Waals surface area (Å²) < 4.78 is 5.18. The Morgan fingerprint density at radius 1 is 1.39 bits per heavy atom. The molecule has 1 heterocycles. The van der Waals surface area contributed by atoms with Crippen molar-refractivity contribution in [2.45, 2.75) is 45.8 Å². The predicted octanol–water partition coefficient (Wildman–Crippen LogP) is 1.08. The lowest BCUT2D eigenvalue weighted by Gasteiger charge is -2.40. The summed E-state index contributed by atoms with van der Waals surface area (Å²) in [7, 11) is 0. The summed E-state index contributed by atoms with van der Waals surface area (Å²) >= 11 is 0. The first kappa shape index (κ1) is 14.8. The van der Waals surface area contributed by atoms with E-state index in [-0.39, 0.29) is 19.5 Å². The number of rotatable bonds is 1. The molecule has 1 aliphatic rings. The summed E-state index contributed by atoms with van der Waals surface area (Å²) in [5, 5.41) is 19.0. The fourth-order valence-electron chi connectivity index (χ4n) is 1.78. The summed E-state index contributed by atoms with van der Waals surface area (Å²) in [6.07, 6.45) is -1.40. The minimum atomic E-state index is -1.20. The number of likely N-dealkylation sites (tertiary alicyclic amines) is 1. The maximum atomic E-state index is 11.8. The highest BCUT2D eigenvalue weighted by Gasteiger charge is 2.46. The number of piperidine rings is 1. The second-order valence-electron chi connectivity index (χ2n) is 5.91. The molecule has 18 heavy (non-hydrogen) atoms. The van der Waals surface area contributed by atoms with Crippen LogP contribution in [0, 0.1) is 5.41 Å². The van der Waals surface area contributed by atoms with Crippen LogP contribution in [0.3, 0.4) is 0 Å². The summed E-state index contributed by atoms with van der Waals surface area (Å²) in [6.45, 7) is 7.02. The van der Waals surface area contributed by atoms with Crippen molar-refractivity contribution in [2.24, 2.45) is 5.41 Å². The number of hydrogen-bond donors (Lipinski definition) is 2. The van der Waals surface area contributed by atoms with Gasteiger partial charge >= 0.3 is 12.1 Å². The van der Waals surface area contributed by atoms with Gasteiger partial charge in [0.25, 0.3) is 0 Å². The molecule has 0 unspecified atom stereocenters. The molecule has 1 saturated heterocycles. The third-order valence-corrected chi connectivity index (χ3v) is 3.17. The topological polar surface area (TPSA) is 87.1 Å². The Morgan fingerprint density at radius 2 is 1.94 bits per heavy atom. The molecule has 0 bridgehead atoms. The Balaban J connectivity index is 2.67. The van der Waals surface area contributed by atoms with Crippen LogP contribution in [-0.4, -0.2) is 52.0 Å². The molecule has 1 amide bonds. The molecule has 0 aromatic rings. The van der Waals surface area contributed by atoms with Crippen LogP contribution >= 0.6 is 0 Å². The molecule has 0 aliphatic carbocycles. The molecular weight excluding hydrogens is 238 g/mol. The lowest BCUT2D eigenvalue weighted by atomic mass is 9.78. The van der Waals surface area contributed by atoms with Crippen LogP contribution in [0.25, 0.3) is 0 Å². The first-order valence-corrected chi connectivity index (χ1v) is 5.95. The summed E-state index contributed by atoms with van der Waals surface area (Å²) in [5.41, 5.74) is -1.80. The van der Waals surface area contributed by atoms with Gasteiger partial charge in [-0.05, 0) is 34.1 Å². The molecule has 0 saturated carbocycles. The molecule has 2 N–H and O–H groups in total. The van der Waals surface area contributed by atoms with E-state index >= 15 is 0 Å². The van der Waals surface area contributed by atoms with Gasteiger partial charge in [-0.3, -0.25) is 4.79 Å². The number of carbonyl (C=O) groups excluding carboxylic acids is 1. The van der Waals surface area contributed by atoms with E-state index in [0.717, 1.165) is 0 Å². The second-order valence-corrected chi connectivity index (χ2v) is 5.91. The van der Waals surface area contributed by atoms with Gasteiger partial charge in [0.15, 0.2) is 0 Å². The monoisotopic (exact) mass is 259 g/mol. The van der Waals surface area contributed by atoms with Gasteiger partial charge in [-0.2, -0.15) is 0 Å². The van der Waals surface area contributed by atoms with Gasteiger partial charge in [0.1, 0.15) is 5.60 Å². The van der Waals surface area contributed by atoms with E-state index in [4.69, 9.17) is 9.84 Å². The van der Waals surface area contributed by atoms with Gasteiger partial charge in [0, 0.05) is 6.54 Å². The highest BCUT2D eigenvalue weighted by molar-refractivity contribution is 5.76. The molecule has 0 aromatic heterocycles. The zero-order valence-electron chi connectivity index (χ0n) is 11.3. The quantitative estimate of drug-likeness (QED) is 0.735. The summed E-state index contributed by atoms with van der Waals surface area (Å²) in [4.78, 5) is 24.2. The summed E-state index contributed by atoms with van der Waals surface area (Å²) in [6, 6.07) is 0. The fourth-order valence-corrected chi connectivity index (χ4v) is 1.78. The molecule has 6 nitrogen and oxygen atoms in total. The SMILES string of the molecule is CC(C)(C)OC(=O)N1CC[C@](C)(C(=O)O)[C@@H](O)C1. The van der Waals surface area contributed by atoms with Gasteiger partial charge in [0.2, 0.25) is 0 Å². The second kappa shape index (κ2) is 4.76. The largest absolute Gasteiger partial charge is 0.481 e. The van der Waals surface area contributed by atoms with E-state index in [0.29, 0.717) is 0 Å². The van der Waals surface area contributed by atoms with Gasteiger partial charge in [-0.25, -0.2) is 4.79 Å². The molecule has 6 heteroatoms. The highest BCUT2D eigenvalue weighted by Crippen LogP contribution is 2.32. The van der Waals surface area contributed by atoms with Crippen molar-refractivity contribution in [1.29, 1.82) is 0 Å². The average Bonchev–Trinajstić information content (AvgIpc) is 2.19. The van der Waals surface area contributed by atoms with Crippen LogP contribution in [0.2, 0.25) is 0 Å². The number of nitrogens with zero attached hydrogens (tertiary/aromatic N) is 1. The van der Waals surface area contributed by atoms with Crippen LogP contribution < -0.4 is 0 Å². The number of carbonyl (C=O) groups is 2. The van der Waals surface area contributed by atoms with Crippen molar-refractivity contribution in [3.63, 3.8) is 0 Å². The van der Waals surface area contributed by atoms with Gasteiger partial charge in [-0.1, -0.05) is 0 Å². The van der Waals surface area contributed by atoms with Crippen LogP contribution in [0.4, 0.5) is 4.79 Å². The molecule has 2 atom stereocenters. The predicted molar refractivity (Wildman–Crippen MR) is 64.2 cm³/mol. The molecular formula is C12H21NO5. The number of ether oxygens (including phenoxy) is 1. The van der Waals surface area contributed by atoms with Gasteiger partial charge in [0.05, 0.1) is 18.1 Å². The number of carboxylic acids is 1. The van der Waals surface area contributed by atoms with Crippen LogP contribution in [0.5, 0.6) is 0 Å². The van der Waals surface area contributed by atoms with Crippen molar-refractivity contribution >= 4 is 12.1 Å². The standard InChI is InChI=1S/C12H21NO5/c1-11(2,3)18-10(17)13-6-5-12(4,9(15)16)8(14)7-13/h8,14H,5-7H2,1-4H3,(H,15,16)/t8-,12-/m0/s1. The molecule has 0 radical (unpaired) electrons. The Bertz CT molecular complexity index is 349. The third kappa shape index (κ3) is 3.13. The van der Waals surface area contributed by atoms with E-state index in [9.17, 15) is 14.7 Å².